The topological polar surface area (TPSA) is 49.8 Å². The van der Waals surface area contributed by atoms with Crippen molar-refractivity contribution in [3.63, 3.8) is 0 Å². The average molecular weight is 327 g/mol. The Hall–Kier alpha value is -0.620. The first-order chi connectivity index (χ1) is 9.91. The van der Waals surface area contributed by atoms with Gasteiger partial charge < -0.3 is 10.6 Å². The van der Waals surface area contributed by atoms with E-state index in [4.69, 9.17) is 4.98 Å². The van der Waals surface area contributed by atoms with Crippen molar-refractivity contribution in [2.75, 3.05) is 41.5 Å². The molecule has 1 aromatic rings. The van der Waals surface area contributed by atoms with E-state index >= 15 is 0 Å². The molecule has 1 aliphatic heterocycles. The van der Waals surface area contributed by atoms with Gasteiger partial charge >= 0.3 is 0 Å². The van der Waals surface area contributed by atoms with E-state index in [0.717, 1.165) is 29.6 Å². The minimum atomic E-state index is -0.0504. The molecule has 2 heterocycles. The molecule has 1 aliphatic rings. The summed E-state index contributed by atoms with van der Waals surface area (Å²) >= 11 is 4.12. The van der Waals surface area contributed by atoms with Gasteiger partial charge in [-0.05, 0) is 6.92 Å². The van der Waals surface area contributed by atoms with Crippen LogP contribution in [0.2, 0.25) is 0 Å². The molecule has 1 saturated heterocycles. The summed E-state index contributed by atoms with van der Waals surface area (Å²) in [5, 5.41) is 7.41. The fourth-order valence-corrected chi connectivity index (χ4v) is 4.74. The van der Waals surface area contributed by atoms with Crippen LogP contribution in [0.4, 0.5) is 11.6 Å². The van der Waals surface area contributed by atoms with Crippen molar-refractivity contribution in [3.05, 3.63) is 11.4 Å². The zero-order valence-corrected chi connectivity index (χ0v) is 15.2. The Morgan fingerprint density at radius 2 is 1.90 bits per heavy atom. The van der Waals surface area contributed by atoms with Crippen molar-refractivity contribution in [3.8, 4) is 0 Å². The summed E-state index contributed by atoms with van der Waals surface area (Å²) in [6, 6.07) is 0. The largest absolute Gasteiger partial charge is 0.373 e. The Labute approximate surface area is 136 Å². The number of hydrogen-bond acceptors (Lipinski definition) is 6. The molecule has 118 valence electrons. The first-order valence-corrected chi connectivity index (χ1v) is 9.62. The number of anilines is 2. The van der Waals surface area contributed by atoms with Gasteiger partial charge in [0.25, 0.3) is 0 Å². The van der Waals surface area contributed by atoms with Crippen molar-refractivity contribution in [1.29, 1.82) is 0 Å². The van der Waals surface area contributed by atoms with Crippen LogP contribution in [0.25, 0.3) is 0 Å². The lowest BCUT2D eigenvalue weighted by atomic mass is 9.95. The highest BCUT2D eigenvalue weighted by atomic mass is 32.2. The smallest absolute Gasteiger partial charge is 0.138 e. The molecule has 1 unspecified atom stereocenters. The predicted octanol–water partition coefficient (Wildman–Crippen LogP) is 3.38. The van der Waals surface area contributed by atoms with Gasteiger partial charge in [-0.1, -0.05) is 20.8 Å². The average Bonchev–Trinajstić information content (AvgIpc) is 2.46. The van der Waals surface area contributed by atoms with Gasteiger partial charge in [-0.2, -0.15) is 23.5 Å². The molecule has 21 heavy (non-hydrogen) atoms. The molecule has 1 fully saturated rings. The molecule has 6 heteroatoms. The minimum absolute atomic E-state index is 0.0504. The predicted molar refractivity (Wildman–Crippen MR) is 97.1 cm³/mol. The fourth-order valence-electron chi connectivity index (χ4n) is 2.13. The molecule has 0 aliphatic carbocycles. The molecule has 0 bridgehead atoms. The minimum Gasteiger partial charge on any atom is -0.373 e. The number of rotatable bonds is 4. The lowest BCUT2D eigenvalue weighted by Crippen LogP contribution is -2.25. The molecule has 1 aromatic heterocycles. The number of aromatic nitrogens is 2. The van der Waals surface area contributed by atoms with Gasteiger partial charge in [0.05, 0.1) is 0 Å². The summed E-state index contributed by atoms with van der Waals surface area (Å²) in [5.41, 5.74) is 1.05. The maximum Gasteiger partial charge on any atom is 0.138 e. The van der Waals surface area contributed by atoms with Crippen molar-refractivity contribution in [2.24, 2.45) is 0 Å². The molecule has 0 spiro atoms. The standard InChI is InChI=1S/C15H26N4S2/c1-10-12(16-5)18-14(15(2,3)4)19-13(10)17-8-11-9-20-6-7-21-11/h11H,6-9H2,1-5H3,(H2,16,17,18,19). The number of thioether (sulfide) groups is 2. The molecule has 0 saturated carbocycles. The van der Waals surface area contributed by atoms with E-state index < -0.39 is 0 Å². The molecule has 0 radical (unpaired) electrons. The lowest BCUT2D eigenvalue weighted by Gasteiger charge is -2.24. The highest BCUT2D eigenvalue weighted by Crippen LogP contribution is 2.28. The van der Waals surface area contributed by atoms with Gasteiger partial charge in [0.1, 0.15) is 17.5 Å². The van der Waals surface area contributed by atoms with E-state index in [2.05, 4.69) is 66.8 Å². The monoisotopic (exact) mass is 326 g/mol. The highest BCUT2D eigenvalue weighted by Gasteiger charge is 2.21. The van der Waals surface area contributed by atoms with Crippen LogP contribution in [0.5, 0.6) is 0 Å². The van der Waals surface area contributed by atoms with E-state index in [9.17, 15) is 0 Å². The van der Waals surface area contributed by atoms with Crippen LogP contribution in [0.1, 0.15) is 32.2 Å². The third-order valence-corrected chi connectivity index (χ3v) is 6.28. The van der Waals surface area contributed by atoms with Crippen LogP contribution < -0.4 is 10.6 Å². The molecule has 2 N–H and O–H groups in total. The van der Waals surface area contributed by atoms with E-state index in [1.54, 1.807) is 0 Å². The van der Waals surface area contributed by atoms with Crippen LogP contribution in [-0.4, -0.2) is 46.1 Å². The number of nitrogens with one attached hydrogen (secondary N) is 2. The molecule has 4 nitrogen and oxygen atoms in total. The zero-order chi connectivity index (χ0) is 15.5. The molecule has 2 rings (SSSR count). The molecular weight excluding hydrogens is 300 g/mol. The molecule has 0 amide bonds. The van der Waals surface area contributed by atoms with E-state index in [0.29, 0.717) is 5.25 Å². The van der Waals surface area contributed by atoms with E-state index in [-0.39, 0.29) is 5.41 Å². The number of nitrogens with zero attached hydrogens (tertiary/aromatic N) is 2. The maximum atomic E-state index is 4.76. The first kappa shape index (κ1) is 16.7. The van der Waals surface area contributed by atoms with Gasteiger partial charge in [-0.25, -0.2) is 9.97 Å². The van der Waals surface area contributed by atoms with Crippen LogP contribution in [0.15, 0.2) is 0 Å². The van der Waals surface area contributed by atoms with Gasteiger partial charge in [-0.15, -0.1) is 0 Å². The third-order valence-electron chi connectivity index (χ3n) is 3.44. The maximum absolute atomic E-state index is 4.76. The van der Waals surface area contributed by atoms with Crippen molar-refractivity contribution in [1.82, 2.24) is 9.97 Å². The van der Waals surface area contributed by atoms with E-state index in [1.807, 2.05) is 7.05 Å². The highest BCUT2D eigenvalue weighted by molar-refractivity contribution is 8.06. The van der Waals surface area contributed by atoms with Crippen LogP contribution >= 0.6 is 23.5 Å². The van der Waals surface area contributed by atoms with Crippen LogP contribution in [-0.2, 0) is 5.41 Å². The quantitative estimate of drug-likeness (QED) is 0.884. The second-order valence-corrected chi connectivity index (χ2v) is 8.88. The summed E-state index contributed by atoms with van der Waals surface area (Å²) in [6.45, 7) is 9.49. The Morgan fingerprint density at radius 3 is 2.48 bits per heavy atom. The van der Waals surface area contributed by atoms with Gasteiger partial charge in [-0.3, -0.25) is 0 Å². The van der Waals surface area contributed by atoms with Gasteiger partial charge in [0.2, 0.25) is 0 Å². The summed E-state index contributed by atoms with van der Waals surface area (Å²) in [7, 11) is 1.92. The fraction of sp³-hybridized carbons (Fsp3) is 0.733. The summed E-state index contributed by atoms with van der Waals surface area (Å²) in [6.07, 6.45) is 0. The SMILES string of the molecule is CNc1nc(C(C)(C)C)nc(NCC2CSCCS2)c1C. The number of hydrogen-bond donors (Lipinski definition) is 2. The normalized spacial score (nSPS) is 19.4. The zero-order valence-electron chi connectivity index (χ0n) is 13.6. The van der Waals surface area contributed by atoms with Crippen molar-refractivity contribution in [2.45, 2.75) is 38.4 Å². The Kier molecular flexibility index (Phi) is 5.66. The van der Waals surface area contributed by atoms with Crippen molar-refractivity contribution < 1.29 is 0 Å². The molecular formula is C15H26N4S2. The second kappa shape index (κ2) is 7.09. The second-order valence-electron chi connectivity index (χ2n) is 6.32. The first-order valence-electron chi connectivity index (χ1n) is 7.42. The van der Waals surface area contributed by atoms with Crippen LogP contribution in [0.3, 0.4) is 0 Å². The van der Waals surface area contributed by atoms with E-state index in [1.165, 1.54) is 17.3 Å². The Bertz CT molecular complexity index is 479. The lowest BCUT2D eigenvalue weighted by molar-refractivity contribution is 0.546. The molecule has 0 aromatic carbocycles. The van der Waals surface area contributed by atoms with Gasteiger partial charge in [0, 0.05) is 47.1 Å². The van der Waals surface area contributed by atoms with Gasteiger partial charge in [0.15, 0.2) is 0 Å². The Morgan fingerprint density at radius 1 is 1.19 bits per heavy atom. The summed E-state index contributed by atoms with van der Waals surface area (Å²) in [4.78, 5) is 9.40. The van der Waals surface area contributed by atoms with Crippen LogP contribution in [0, 0.1) is 6.92 Å². The Balaban J connectivity index is 2.16. The summed E-state index contributed by atoms with van der Waals surface area (Å²) < 4.78 is 0. The van der Waals surface area contributed by atoms with Crippen molar-refractivity contribution >= 4 is 35.2 Å². The summed E-state index contributed by atoms with van der Waals surface area (Å²) in [5.74, 6) is 6.54. The third kappa shape index (κ3) is 4.42. The molecule has 1 atom stereocenters.